The van der Waals surface area contributed by atoms with Gasteiger partial charge < -0.3 is 9.84 Å². The Morgan fingerprint density at radius 3 is 2.47 bits per heavy atom. The smallest absolute Gasteiger partial charge is 0.303 e. The van der Waals surface area contributed by atoms with Crippen LogP contribution in [-0.2, 0) is 23.9 Å². The first-order valence-electron chi connectivity index (χ1n) is 11.0. The molecule has 0 heterocycles. The van der Waals surface area contributed by atoms with Crippen LogP contribution in [0.3, 0.4) is 0 Å². The molecule has 4 fully saturated rings. The number of fused-ring (bicyclic) bond motifs is 5. The van der Waals surface area contributed by atoms with Crippen molar-refractivity contribution in [1.29, 1.82) is 0 Å². The minimum absolute atomic E-state index is 0.000795. The Kier molecular flexibility index (Phi) is 5.21. The van der Waals surface area contributed by atoms with Crippen molar-refractivity contribution >= 4 is 34.9 Å². The minimum Gasteiger partial charge on any atom is -0.458 e. The fourth-order valence-electron chi connectivity index (χ4n) is 7.66. The summed E-state index contributed by atoms with van der Waals surface area (Å²) in [6.45, 7) is 4.73. The van der Waals surface area contributed by atoms with Crippen LogP contribution in [0.2, 0.25) is 0 Å². The molecular weight excluding hydrogens is 408 g/mol. The number of hydrogen-bond acceptors (Lipinski definition) is 6. The van der Waals surface area contributed by atoms with Gasteiger partial charge in [0.15, 0.2) is 12.4 Å². The van der Waals surface area contributed by atoms with E-state index >= 15 is 0 Å². The zero-order valence-electron chi connectivity index (χ0n) is 17.9. The average Bonchev–Trinajstić information content (AvgIpc) is 2.94. The third-order valence-corrected chi connectivity index (χ3v) is 9.77. The van der Waals surface area contributed by atoms with Gasteiger partial charge in [0.1, 0.15) is 11.4 Å². The summed E-state index contributed by atoms with van der Waals surface area (Å²) in [6, 6.07) is 0. The van der Waals surface area contributed by atoms with Gasteiger partial charge in [-0.2, -0.15) is 0 Å². The van der Waals surface area contributed by atoms with Crippen LogP contribution in [-0.4, -0.2) is 46.0 Å². The molecule has 0 aromatic carbocycles. The second-order valence-corrected chi connectivity index (χ2v) is 10.9. The van der Waals surface area contributed by atoms with Crippen LogP contribution in [0.15, 0.2) is 0 Å². The van der Waals surface area contributed by atoms with Gasteiger partial charge in [-0.3, -0.25) is 19.2 Å². The standard InChI is InChI=1S/C23H31ClO6/c1-12(25)30-11-18(28)23(29)9-6-14-13-4-5-15-20(24)16(26)7-8-21(15,2)19(13)17(27)10-22(14,23)3/h13-15,19-20,29H,4-11H2,1-3H3/t13-,14-,15+,19+,20+,21-,22-,23-/m0/s1. The summed E-state index contributed by atoms with van der Waals surface area (Å²) in [4.78, 5) is 49.8. The summed E-state index contributed by atoms with van der Waals surface area (Å²) in [5.41, 5.74) is -2.84. The Hall–Kier alpha value is -1.27. The molecule has 0 radical (unpaired) electrons. The molecule has 0 aromatic heterocycles. The molecule has 0 aromatic rings. The molecule has 4 rings (SSSR count). The number of halogens is 1. The third-order valence-electron chi connectivity index (χ3n) is 9.22. The first kappa shape index (κ1) is 21.9. The first-order valence-corrected chi connectivity index (χ1v) is 11.5. The average molecular weight is 439 g/mol. The van der Waals surface area contributed by atoms with Crippen LogP contribution < -0.4 is 0 Å². The van der Waals surface area contributed by atoms with Crippen LogP contribution in [0.25, 0.3) is 0 Å². The maximum atomic E-state index is 13.6. The number of carbonyl (C=O) groups is 4. The number of hydrogen-bond donors (Lipinski definition) is 1. The Morgan fingerprint density at radius 2 is 1.80 bits per heavy atom. The summed E-state index contributed by atoms with van der Waals surface area (Å²) in [5.74, 6) is -1.00. The molecule has 30 heavy (non-hydrogen) atoms. The van der Waals surface area contributed by atoms with E-state index in [0.29, 0.717) is 19.3 Å². The van der Waals surface area contributed by atoms with E-state index in [9.17, 15) is 24.3 Å². The molecule has 0 aliphatic heterocycles. The monoisotopic (exact) mass is 438 g/mol. The maximum Gasteiger partial charge on any atom is 0.303 e. The van der Waals surface area contributed by atoms with Gasteiger partial charge in [0.25, 0.3) is 0 Å². The minimum atomic E-state index is -1.66. The summed E-state index contributed by atoms with van der Waals surface area (Å²) in [6.07, 6.45) is 3.72. The number of Topliss-reactive ketones (excluding diaryl/α,β-unsaturated/α-hetero) is 3. The molecule has 4 saturated carbocycles. The van der Waals surface area contributed by atoms with Crippen molar-refractivity contribution in [1.82, 2.24) is 0 Å². The predicted molar refractivity (Wildman–Crippen MR) is 109 cm³/mol. The van der Waals surface area contributed by atoms with Gasteiger partial charge in [0.05, 0.1) is 5.38 Å². The lowest BCUT2D eigenvalue weighted by atomic mass is 9.44. The number of aliphatic hydroxyl groups is 1. The van der Waals surface area contributed by atoms with Crippen molar-refractivity contribution in [2.24, 2.45) is 34.5 Å². The highest BCUT2D eigenvalue weighted by molar-refractivity contribution is 6.31. The maximum absolute atomic E-state index is 13.6. The van der Waals surface area contributed by atoms with Gasteiger partial charge in [0.2, 0.25) is 5.78 Å². The zero-order valence-corrected chi connectivity index (χ0v) is 18.7. The van der Waals surface area contributed by atoms with Crippen LogP contribution in [0, 0.1) is 34.5 Å². The van der Waals surface area contributed by atoms with Crippen molar-refractivity contribution < 1.29 is 29.0 Å². The van der Waals surface area contributed by atoms with E-state index < -0.39 is 34.8 Å². The summed E-state index contributed by atoms with van der Waals surface area (Å²) in [7, 11) is 0. The van der Waals surface area contributed by atoms with Crippen molar-refractivity contribution in [2.45, 2.75) is 76.7 Å². The van der Waals surface area contributed by atoms with Crippen LogP contribution in [0.5, 0.6) is 0 Å². The highest BCUT2D eigenvalue weighted by Crippen LogP contribution is 2.67. The van der Waals surface area contributed by atoms with E-state index in [-0.39, 0.29) is 53.5 Å². The number of rotatable bonds is 3. The lowest BCUT2D eigenvalue weighted by Crippen LogP contribution is -2.63. The van der Waals surface area contributed by atoms with Gasteiger partial charge in [0, 0.05) is 31.1 Å². The van der Waals surface area contributed by atoms with Gasteiger partial charge in [-0.15, -0.1) is 11.6 Å². The van der Waals surface area contributed by atoms with E-state index in [1.54, 1.807) is 0 Å². The summed E-state index contributed by atoms with van der Waals surface area (Å²) in [5, 5.41) is 10.9. The van der Waals surface area contributed by atoms with E-state index in [4.69, 9.17) is 16.3 Å². The second-order valence-electron chi connectivity index (χ2n) is 10.5. The van der Waals surface area contributed by atoms with Gasteiger partial charge in [-0.1, -0.05) is 13.8 Å². The quantitative estimate of drug-likeness (QED) is 0.537. The number of carbonyl (C=O) groups excluding carboxylic acids is 4. The van der Waals surface area contributed by atoms with E-state index in [1.165, 1.54) is 6.92 Å². The molecule has 0 saturated heterocycles. The van der Waals surface area contributed by atoms with E-state index in [1.807, 2.05) is 6.92 Å². The Labute approximate surface area is 182 Å². The predicted octanol–water partition coefficient (Wildman–Crippen LogP) is 2.86. The van der Waals surface area contributed by atoms with Crippen molar-refractivity contribution in [2.75, 3.05) is 6.61 Å². The fraction of sp³-hybridized carbons (Fsp3) is 0.826. The number of ketones is 3. The Bertz CT molecular complexity index is 810. The molecule has 0 spiro atoms. The van der Waals surface area contributed by atoms with Crippen molar-refractivity contribution in [3.8, 4) is 0 Å². The largest absolute Gasteiger partial charge is 0.458 e. The summed E-state index contributed by atoms with van der Waals surface area (Å²) < 4.78 is 4.87. The molecule has 0 bridgehead atoms. The van der Waals surface area contributed by atoms with Crippen molar-refractivity contribution in [3.05, 3.63) is 0 Å². The Morgan fingerprint density at radius 1 is 1.10 bits per heavy atom. The third kappa shape index (κ3) is 2.85. The number of ether oxygens (including phenoxy) is 1. The molecular formula is C23H31ClO6. The second kappa shape index (κ2) is 7.13. The molecule has 7 heteroatoms. The normalized spacial score (nSPS) is 47.8. The summed E-state index contributed by atoms with van der Waals surface area (Å²) >= 11 is 6.51. The molecule has 0 amide bonds. The van der Waals surface area contributed by atoms with E-state index in [2.05, 4.69) is 6.92 Å². The Balaban J connectivity index is 1.65. The molecule has 4 aliphatic rings. The highest BCUT2D eigenvalue weighted by Gasteiger charge is 2.69. The topological polar surface area (TPSA) is 97.7 Å². The van der Waals surface area contributed by atoms with Gasteiger partial charge in [-0.05, 0) is 55.3 Å². The first-order chi connectivity index (χ1) is 14.0. The lowest BCUT2D eigenvalue weighted by molar-refractivity contribution is -0.180. The highest BCUT2D eigenvalue weighted by atomic mass is 35.5. The molecule has 166 valence electrons. The number of alkyl halides is 1. The fourth-order valence-corrected chi connectivity index (χ4v) is 8.18. The van der Waals surface area contributed by atoms with Gasteiger partial charge in [-0.25, -0.2) is 0 Å². The molecule has 0 unspecified atom stereocenters. The SMILES string of the molecule is CC(=O)OCC(=O)[C@@]1(O)CC[C@H]2[C@@H]3CC[C@@H]4[C@@H](Cl)C(=O)CC[C@]4(C)[C@H]3C(=O)C[C@@]21C. The molecule has 8 atom stereocenters. The van der Waals surface area contributed by atoms with Crippen LogP contribution in [0.4, 0.5) is 0 Å². The molecule has 1 N–H and O–H groups in total. The van der Waals surface area contributed by atoms with E-state index in [0.717, 1.165) is 12.8 Å². The molecule has 4 aliphatic carbocycles. The zero-order chi connectivity index (χ0) is 22.1. The van der Waals surface area contributed by atoms with Crippen LogP contribution >= 0.6 is 11.6 Å². The van der Waals surface area contributed by atoms with Crippen LogP contribution in [0.1, 0.15) is 65.7 Å². The van der Waals surface area contributed by atoms with Gasteiger partial charge >= 0.3 is 5.97 Å². The van der Waals surface area contributed by atoms with Crippen molar-refractivity contribution in [3.63, 3.8) is 0 Å². The molecule has 6 nitrogen and oxygen atoms in total. The lowest BCUT2D eigenvalue weighted by Gasteiger charge is -2.60. The number of esters is 1.